The van der Waals surface area contributed by atoms with Gasteiger partial charge in [0.25, 0.3) is 0 Å². The first kappa shape index (κ1) is 23.3. The maximum absolute atomic E-state index is 14.0. The fraction of sp³-hybridized carbons (Fsp3) is 0.450. The third-order valence-electron chi connectivity index (χ3n) is 4.20. The van der Waals surface area contributed by atoms with E-state index < -0.39 is 22.4 Å². The van der Waals surface area contributed by atoms with Gasteiger partial charge in [0, 0.05) is 10.6 Å². The summed E-state index contributed by atoms with van der Waals surface area (Å²) in [5.74, 6) is -0.403. The van der Waals surface area contributed by atoms with E-state index in [1.807, 2.05) is 27.7 Å². The van der Waals surface area contributed by atoms with Crippen LogP contribution in [-0.4, -0.2) is 11.1 Å². The number of halogens is 1. The molecule has 2 aromatic rings. The average Bonchev–Trinajstić information content (AvgIpc) is 3.04. The topological polar surface area (TPSA) is 90.8 Å². The number of carbonyl (C=O) groups is 1. The van der Waals surface area contributed by atoms with Gasteiger partial charge in [-0.05, 0) is 61.1 Å². The van der Waals surface area contributed by atoms with Crippen molar-refractivity contribution in [3.05, 3.63) is 46.1 Å². The van der Waals surface area contributed by atoms with Crippen LogP contribution in [0.15, 0.2) is 28.6 Å². The molecule has 0 atom stereocenters. The second-order valence-corrected chi connectivity index (χ2v) is 9.83. The van der Waals surface area contributed by atoms with Crippen molar-refractivity contribution < 1.29 is 18.5 Å². The van der Waals surface area contributed by atoms with Gasteiger partial charge in [-0.1, -0.05) is 38.5 Å². The van der Waals surface area contributed by atoms with E-state index >= 15 is 0 Å². The number of carbonyl (C=O) groups excluding carboxylic acids is 1. The molecule has 0 aliphatic heterocycles. The van der Waals surface area contributed by atoms with Crippen LogP contribution in [-0.2, 0) is 20.6 Å². The predicted molar refractivity (Wildman–Crippen MR) is 117 cm³/mol. The predicted octanol–water partition coefficient (Wildman–Crippen LogP) is 6.07. The lowest BCUT2D eigenvalue weighted by molar-refractivity contribution is 0.0825. The Kier molecular flexibility index (Phi) is 7.42. The number of rotatable bonds is 6. The Labute approximate surface area is 176 Å². The van der Waals surface area contributed by atoms with Crippen LogP contribution in [0.25, 0.3) is 0 Å². The standard InChI is InChI=1S/C20H27FN3O3S2/c1-11(2)14-9-13(21)10-15(12(3)4)18(14)22-19(25)24-29(27)23-17-8-7-16(28-17)20(5,6)26/h7-12,26H,1-6H3,(H2,22,23,24,25,27)/q-1. The van der Waals surface area contributed by atoms with E-state index in [0.29, 0.717) is 26.7 Å². The summed E-state index contributed by atoms with van der Waals surface area (Å²) in [5.41, 5.74) is 0.805. The van der Waals surface area contributed by atoms with Gasteiger partial charge in [0.05, 0.1) is 10.6 Å². The number of thiophene rings is 1. The Morgan fingerprint density at radius 3 is 2.17 bits per heavy atom. The largest absolute Gasteiger partial charge is 0.427 e. The lowest BCUT2D eigenvalue weighted by atomic mass is 9.92. The number of hydrogen-bond acceptors (Lipinski definition) is 5. The van der Waals surface area contributed by atoms with Gasteiger partial charge in [-0.15, -0.1) is 11.3 Å². The molecule has 3 N–H and O–H groups in total. The molecule has 0 radical (unpaired) electrons. The molecule has 0 aliphatic carbocycles. The Hall–Kier alpha value is -1.97. The lowest BCUT2D eigenvalue weighted by Gasteiger charge is -2.20. The lowest BCUT2D eigenvalue weighted by Crippen LogP contribution is -2.13. The third kappa shape index (κ3) is 6.25. The quantitative estimate of drug-likeness (QED) is 0.476. The maximum atomic E-state index is 14.0. The van der Waals surface area contributed by atoms with Crippen LogP contribution in [0.2, 0.25) is 0 Å². The summed E-state index contributed by atoms with van der Waals surface area (Å²) in [6.07, 6.45) is 0. The molecular weight excluding hydrogens is 413 g/mol. The Bertz CT molecular complexity index is 943. The molecule has 6 nitrogen and oxygen atoms in total. The average molecular weight is 441 g/mol. The van der Waals surface area contributed by atoms with Gasteiger partial charge in [0.1, 0.15) is 5.82 Å². The van der Waals surface area contributed by atoms with E-state index in [4.69, 9.17) is 0 Å². The fourth-order valence-corrected chi connectivity index (χ4v) is 4.36. The Balaban J connectivity index is 2.24. The fourth-order valence-electron chi connectivity index (χ4n) is 2.74. The highest BCUT2D eigenvalue weighted by molar-refractivity contribution is 7.76. The van der Waals surface area contributed by atoms with Crippen LogP contribution in [0.5, 0.6) is 0 Å². The molecule has 2 amide bonds. The maximum Gasteiger partial charge on any atom is 0.323 e. The molecule has 1 aromatic heterocycles. The van der Waals surface area contributed by atoms with Crippen molar-refractivity contribution in [2.75, 3.05) is 10.0 Å². The third-order valence-corrected chi connectivity index (χ3v) is 6.37. The molecule has 0 saturated carbocycles. The van der Waals surface area contributed by atoms with E-state index in [0.717, 1.165) is 0 Å². The van der Waals surface area contributed by atoms with Gasteiger partial charge >= 0.3 is 6.03 Å². The SMILES string of the molecule is CC(C)c1cc(F)cc(C(C)C)c1NC(=O)N=[S-](=O)Nc1ccc(C(C)(C)O)s1. The van der Waals surface area contributed by atoms with Crippen LogP contribution in [0, 0.1) is 5.82 Å². The van der Waals surface area contributed by atoms with Crippen molar-refractivity contribution in [1.82, 2.24) is 0 Å². The molecule has 0 bridgehead atoms. The molecule has 1 heterocycles. The van der Waals surface area contributed by atoms with Gasteiger partial charge in [-0.2, -0.15) is 0 Å². The number of benzene rings is 1. The summed E-state index contributed by atoms with van der Waals surface area (Å²) in [5, 5.41) is 13.2. The van der Waals surface area contributed by atoms with E-state index in [1.165, 1.54) is 23.5 Å². The van der Waals surface area contributed by atoms with Crippen molar-refractivity contribution >= 4 is 38.8 Å². The summed E-state index contributed by atoms with van der Waals surface area (Å²) in [4.78, 5) is 13.1. The molecule has 2 rings (SSSR count). The monoisotopic (exact) mass is 440 g/mol. The number of nitrogens with one attached hydrogen (secondary N) is 2. The van der Waals surface area contributed by atoms with Gasteiger partial charge < -0.3 is 19.4 Å². The highest BCUT2D eigenvalue weighted by Gasteiger charge is 2.18. The minimum atomic E-state index is -2.01. The van der Waals surface area contributed by atoms with Crippen LogP contribution in [0.4, 0.5) is 19.9 Å². The minimum Gasteiger partial charge on any atom is -0.427 e. The van der Waals surface area contributed by atoms with Crippen LogP contribution >= 0.6 is 11.3 Å². The number of anilines is 2. The summed E-state index contributed by atoms with van der Waals surface area (Å²) in [6, 6.07) is 5.38. The molecule has 0 unspecified atom stereocenters. The number of amides is 2. The van der Waals surface area contributed by atoms with Gasteiger partial charge in [0.15, 0.2) is 0 Å². The van der Waals surface area contributed by atoms with E-state index in [1.54, 1.807) is 26.0 Å². The molecule has 0 fully saturated rings. The number of aliphatic hydroxyl groups is 1. The zero-order valence-corrected chi connectivity index (χ0v) is 19.0. The first-order valence-electron chi connectivity index (χ1n) is 9.25. The first-order chi connectivity index (χ1) is 13.4. The molecule has 0 aliphatic rings. The van der Waals surface area contributed by atoms with Crippen LogP contribution in [0.1, 0.15) is 69.4 Å². The van der Waals surface area contributed by atoms with Crippen molar-refractivity contribution in [1.29, 1.82) is 0 Å². The second kappa shape index (κ2) is 9.23. The van der Waals surface area contributed by atoms with Gasteiger partial charge in [-0.25, -0.2) is 9.18 Å². The van der Waals surface area contributed by atoms with Gasteiger partial charge in [-0.3, -0.25) is 4.36 Å². The molecular formula is C20H27FN3O3S2-. The van der Waals surface area contributed by atoms with Crippen molar-refractivity contribution in [2.24, 2.45) is 4.36 Å². The smallest absolute Gasteiger partial charge is 0.323 e. The van der Waals surface area contributed by atoms with Crippen LogP contribution < -0.4 is 10.0 Å². The van der Waals surface area contributed by atoms with E-state index in [2.05, 4.69) is 14.4 Å². The zero-order valence-electron chi connectivity index (χ0n) is 17.4. The van der Waals surface area contributed by atoms with Crippen molar-refractivity contribution in [2.45, 2.75) is 59.0 Å². The molecule has 0 saturated heterocycles. The molecule has 1 aromatic carbocycles. The number of hydrogen-bond donors (Lipinski definition) is 3. The number of nitrogens with zero attached hydrogens (tertiary/aromatic N) is 1. The highest BCUT2D eigenvalue weighted by Crippen LogP contribution is 2.34. The van der Waals surface area contributed by atoms with E-state index in [-0.39, 0.29) is 17.7 Å². The molecule has 0 spiro atoms. The normalized spacial score (nSPS) is 13.2. The Morgan fingerprint density at radius 2 is 1.72 bits per heavy atom. The summed E-state index contributed by atoms with van der Waals surface area (Å²) in [6.45, 7) is 10.9. The first-order valence-corrected chi connectivity index (χ1v) is 11.2. The van der Waals surface area contributed by atoms with E-state index in [9.17, 15) is 18.5 Å². The van der Waals surface area contributed by atoms with Crippen LogP contribution in [0.3, 0.4) is 0 Å². The second-order valence-electron chi connectivity index (χ2n) is 7.86. The zero-order chi connectivity index (χ0) is 21.9. The summed E-state index contributed by atoms with van der Waals surface area (Å²) < 4.78 is 32.5. The highest BCUT2D eigenvalue weighted by atomic mass is 32.2. The summed E-state index contributed by atoms with van der Waals surface area (Å²) >= 11 is 1.23. The van der Waals surface area contributed by atoms with Gasteiger partial charge in [0.2, 0.25) is 0 Å². The minimum absolute atomic E-state index is 0.0199. The molecule has 9 heteroatoms. The van der Waals surface area contributed by atoms with Crippen molar-refractivity contribution in [3.63, 3.8) is 0 Å². The summed E-state index contributed by atoms with van der Waals surface area (Å²) in [7, 11) is -2.01. The van der Waals surface area contributed by atoms with Crippen molar-refractivity contribution in [3.8, 4) is 0 Å². The molecule has 29 heavy (non-hydrogen) atoms. The Morgan fingerprint density at radius 1 is 1.17 bits per heavy atom. The number of urea groups is 1. The molecule has 160 valence electrons.